The van der Waals surface area contributed by atoms with Crippen molar-refractivity contribution in [1.82, 2.24) is 4.57 Å². The van der Waals surface area contributed by atoms with E-state index in [4.69, 9.17) is 0 Å². The molecule has 0 atom stereocenters. The van der Waals surface area contributed by atoms with Gasteiger partial charge in [-0.2, -0.15) is 0 Å². The third-order valence-electron chi connectivity index (χ3n) is 2.67. The monoisotopic (exact) mass is 296 g/mol. The molecule has 2 rings (SSSR count). The Bertz CT molecular complexity index is 488. The van der Waals surface area contributed by atoms with Crippen LogP contribution in [0.1, 0.15) is 12.6 Å². The van der Waals surface area contributed by atoms with E-state index in [2.05, 4.69) is 32.7 Å². The van der Waals surface area contributed by atoms with Gasteiger partial charge in [0.25, 0.3) is 0 Å². The van der Waals surface area contributed by atoms with Crippen molar-refractivity contribution in [2.24, 2.45) is 0 Å². The number of anilines is 1. The number of hydrogen-bond donors (Lipinski definition) is 1. The molecule has 1 aromatic carbocycles. The summed E-state index contributed by atoms with van der Waals surface area (Å²) < 4.78 is 16.4. The van der Waals surface area contributed by atoms with Crippen LogP contribution in [0.25, 0.3) is 0 Å². The molecule has 0 bridgehead atoms. The molecule has 0 radical (unpaired) electrons. The molecule has 0 amide bonds. The van der Waals surface area contributed by atoms with E-state index in [1.807, 2.05) is 24.4 Å². The summed E-state index contributed by atoms with van der Waals surface area (Å²) in [5.41, 5.74) is 1.65. The van der Waals surface area contributed by atoms with E-state index in [0.717, 1.165) is 16.7 Å². The minimum absolute atomic E-state index is 0.242. The maximum absolute atomic E-state index is 13.6. The number of benzene rings is 1. The second kappa shape index (κ2) is 5.36. The molecular formula is C13H14BrFN2. The molecule has 0 saturated heterocycles. The molecule has 1 heterocycles. The Morgan fingerprint density at radius 3 is 2.82 bits per heavy atom. The molecule has 1 aromatic heterocycles. The Morgan fingerprint density at radius 1 is 1.29 bits per heavy atom. The summed E-state index contributed by atoms with van der Waals surface area (Å²) in [4.78, 5) is 0. The van der Waals surface area contributed by atoms with Crippen LogP contribution in [0.5, 0.6) is 0 Å². The predicted octanol–water partition coefficient (Wildman–Crippen LogP) is 4.02. The molecule has 0 aliphatic rings. The van der Waals surface area contributed by atoms with E-state index >= 15 is 0 Å². The first-order valence-electron chi connectivity index (χ1n) is 5.54. The van der Waals surface area contributed by atoms with Crippen LogP contribution in [0.2, 0.25) is 0 Å². The third kappa shape index (κ3) is 2.69. The van der Waals surface area contributed by atoms with Crippen LogP contribution in [-0.2, 0) is 13.1 Å². The van der Waals surface area contributed by atoms with Crippen LogP contribution in [0.15, 0.2) is 41.0 Å². The summed E-state index contributed by atoms with van der Waals surface area (Å²) in [7, 11) is 0. The first-order valence-corrected chi connectivity index (χ1v) is 6.33. The van der Waals surface area contributed by atoms with Crippen molar-refractivity contribution in [3.63, 3.8) is 0 Å². The van der Waals surface area contributed by atoms with E-state index in [9.17, 15) is 4.39 Å². The molecule has 0 spiro atoms. The maximum atomic E-state index is 13.6. The molecule has 4 heteroatoms. The van der Waals surface area contributed by atoms with Crippen molar-refractivity contribution >= 4 is 21.6 Å². The molecule has 0 aliphatic carbocycles. The highest BCUT2D eigenvalue weighted by atomic mass is 79.9. The lowest BCUT2D eigenvalue weighted by Crippen LogP contribution is -2.07. The van der Waals surface area contributed by atoms with Crippen molar-refractivity contribution in [2.45, 2.75) is 20.0 Å². The Labute approximate surface area is 109 Å². The molecule has 0 fully saturated rings. The number of nitrogens with one attached hydrogen (secondary N) is 1. The van der Waals surface area contributed by atoms with Gasteiger partial charge in [0.1, 0.15) is 5.82 Å². The first kappa shape index (κ1) is 12.2. The molecule has 0 aliphatic heterocycles. The number of para-hydroxylation sites is 1. The normalized spacial score (nSPS) is 10.5. The Hall–Kier alpha value is -1.29. The Morgan fingerprint density at radius 2 is 2.12 bits per heavy atom. The predicted molar refractivity (Wildman–Crippen MR) is 71.5 cm³/mol. The summed E-state index contributed by atoms with van der Waals surface area (Å²) in [5, 5.41) is 3.12. The van der Waals surface area contributed by atoms with Gasteiger partial charge in [-0.15, -0.1) is 0 Å². The zero-order valence-electron chi connectivity index (χ0n) is 9.58. The average molecular weight is 297 g/mol. The molecule has 90 valence electrons. The third-order valence-corrected chi connectivity index (χ3v) is 3.33. The van der Waals surface area contributed by atoms with E-state index in [1.165, 1.54) is 6.07 Å². The van der Waals surface area contributed by atoms with E-state index < -0.39 is 0 Å². The quantitative estimate of drug-likeness (QED) is 0.902. The Kier molecular flexibility index (Phi) is 3.84. The summed E-state index contributed by atoms with van der Waals surface area (Å²) in [6.45, 7) is 3.62. The molecule has 0 saturated carbocycles. The van der Waals surface area contributed by atoms with Crippen molar-refractivity contribution in [3.8, 4) is 0 Å². The highest BCUT2D eigenvalue weighted by Gasteiger charge is 2.06. The van der Waals surface area contributed by atoms with Gasteiger partial charge >= 0.3 is 0 Å². The highest BCUT2D eigenvalue weighted by Crippen LogP contribution is 2.25. The molecule has 17 heavy (non-hydrogen) atoms. The van der Waals surface area contributed by atoms with Gasteiger partial charge in [0.05, 0.1) is 12.2 Å². The van der Waals surface area contributed by atoms with Crippen LogP contribution >= 0.6 is 15.9 Å². The largest absolute Gasteiger partial charge is 0.376 e. The lowest BCUT2D eigenvalue weighted by atomic mass is 10.3. The fourth-order valence-corrected chi connectivity index (χ4v) is 2.25. The van der Waals surface area contributed by atoms with Crippen LogP contribution in [0.3, 0.4) is 0 Å². The van der Waals surface area contributed by atoms with Crippen LogP contribution < -0.4 is 5.32 Å². The van der Waals surface area contributed by atoms with Gasteiger partial charge in [-0.05, 0) is 47.1 Å². The zero-order valence-corrected chi connectivity index (χ0v) is 11.2. The lowest BCUT2D eigenvalue weighted by Gasteiger charge is -2.11. The topological polar surface area (TPSA) is 17.0 Å². The van der Waals surface area contributed by atoms with Gasteiger partial charge in [0.2, 0.25) is 0 Å². The number of rotatable bonds is 4. The number of aryl methyl sites for hydroxylation is 1. The van der Waals surface area contributed by atoms with Crippen LogP contribution in [0, 0.1) is 5.82 Å². The van der Waals surface area contributed by atoms with Gasteiger partial charge in [0.15, 0.2) is 0 Å². The molecule has 0 unspecified atom stereocenters. The minimum Gasteiger partial charge on any atom is -0.376 e. The van der Waals surface area contributed by atoms with Crippen molar-refractivity contribution in [1.29, 1.82) is 0 Å². The summed E-state index contributed by atoms with van der Waals surface area (Å²) in [6, 6.07) is 8.98. The average Bonchev–Trinajstić information content (AvgIpc) is 2.76. The zero-order chi connectivity index (χ0) is 12.3. The standard InChI is InChI=1S/C13H14BrFN2/c1-2-17-8-4-5-10(17)9-16-13-11(14)6-3-7-12(13)15/h3-8,16H,2,9H2,1H3. The second-order valence-corrected chi connectivity index (χ2v) is 4.59. The first-order chi connectivity index (χ1) is 8.22. The smallest absolute Gasteiger partial charge is 0.147 e. The number of aromatic nitrogens is 1. The fourth-order valence-electron chi connectivity index (χ4n) is 1.76. The number of nitrogens with zero attached hydrogens (tertiary/aromatic N) is 1. The summed E-state index contributed by atoms with van der Waals surface area (Å²) in [5.74, 6) is -0.242. The van der Waals surface area contributed by atoms with Crippen molar-refractivity contribution in [2.75, 3.05) is 5.32 Å². The number of hydrogen-bond acceptors (Lipinski definition) is 1. The fraction of sp³-hybridized carbons (Fsp3) is 0.231. The van der Waals surface area contributed by atoms with E-state index in [1.54, 1.807) is 6.07 Å². The van der Waals surface area contributed by atoms with E-state index in [-0.39, 0.29) is 5.82 Å². The van der Waals surface area contributed by atoms with Gasteiger partial charge in [-0.1, -0.05) is 6.07 Å². The van der Waals surface area contributed by atoms with Gasteiger partial charge in [-0.3, -0.25) is 0 Å². The minimum atomic E-state index is -0.242. The van der Waals surface area contributed by atoms with E-state index in [0.29, 0.717) is 12.2 Å². The van der Waals surface area contributed by atoms with Gasteiger partial charge < -0.3 is 9.88 Å². The molecule has 2 nitrogen and oxygen atoms in total. The molecule has 1 N–H and O–H groups in total. The maximum Gasteiger partial charge on any atom is 0.147 e. The highest BCUT2D eigenvalue weighted by molar-refractivity contribution is 9.10. The SMILES string of the molecule is CCn1cccc1CNc1c(F)cccc1Br. The van der Waals surface area contributed by atoms with Crippen LogP contribution in [-0.4, -0.2) is 4.57 Å². The van der Waals surface area contributed by atoms with Gasteiger partial charge in [0, 0.05) is 22.9 Å². The van der Waals surface area contributed by atoms with Gasteiger partial charge in [-0.25, -0.2) is 4.39 Å². The second-order valence-electron chi connectivity index (χ2n) is 3.74. The Balaban J connectivity index is 2.13. The van der Waals surface area contributed by atoms with Crippen molar-refractivity contribution < 1.29 is 4.39 Å². The summed E-state index contributed by atoms with van der Waals surface area (Å²) >= 11 is 3.34. The molecular weight excluding hydrogens is 283 g/mol. The van der Waals surface area contributed by atoms with Crippen LogP contribution in [0.4, 0.5) is 10.1 Å². The van der Waals surface area contributed by atoms with Crippen molar-refractivity contribution in [3.05, 3.63) is 52.5 Å². The summed E-state index contributed by atoms with van der Waals surface area (Å²) in [6.07, 6.45) is 2.02. The number of halogens is 2. The molecule has 2 aromatic rings. The lowest BCUT2D eigenvalue weighted by molar-refractivity contribution is 0.628.